The summed E-state index contributed by atoms with van der Waals surface area (Å²) in [4.78, 5) is 73.5. The molecule has 0 aliphatic carbocycles. The third kappa shape index (κ3) is 84.5. The summed E-state index contributed by atoms with van der Waals surface area (Å²) in [5, 5.41) is 10.7. The summed E-state index contributed by atoms with van der Waals surface area (Å²) in [6.45, 7) is 9.82. The third-order valence-corrected chi connectivity index (χ3v) is 24.2. The average Bonchev–Trinajstić information content (AvgIpc) is 0.900. The number of rotatable bonds is 92. The molecule has 0 saturated heterocycles. The van der Waals surface area contributed by atoms with Gasteiger partial charge in [-0.2, -0.15) is 0 Å². The van der Waals surface area contributed by atoms with Crippen molar-refractivity contribution in [1.82, 2.24) is 0 Å². The predicted octanol–water partition coefficient (Wildman–Crippen LogP) is 29.0. The maximum atomic E-state index is 13.2. The fraction of sp³-hybridized carbons (Fsp3) is 0.957. The van der Waals surface area contributed by atoms with E-state index in [1.165, 1.54) is 321 Å². The van der Waals surface area contributed by atoms with Crippen LogP contribution in [0.4, 0.5) is 0 Å². The molecule has 0 aliphatic heterocycles. The third-order valence-electron chi connectivity index (χ3n) is 22.3. The topological polar surface area (TPSA) is 237 Å². The molecule has 3 N–H and O–H groups in total. The van der Waals surface area contributed by atoms with Crippen molar-refractivity contribution in [3.63, 3.8) is 0 Å². The molecule has 0 aromatic heterocycles. The van der Waals surface area contributed by atoms with Gasteiger partial charge in [-0.3, -0.25) is 37.3 Å². The van der Waals surface area contributed by atoms with Gasteiger partial charge in [-0.1, -0.05) is 452 Å². The summed E-state index contributed by atoms with van der Waals surface area (Å²) in [5.41, 5.74) is 0. The Morgan fingerprint density at radius 1 is 0.259 bits per heavy atom. The molecule has 112 heavy (non-hydrogen) atoms. The van der Waals surface area contributed by atoms with E-state index >= 15 is 0 Å². The van der Waals surface area contributed by atoms with E-state index in [2.05, 4.69) is 41.5 Å². The molecule has 0 aliphatic rings. The van der Waals surface area contributed by atoms with Crippen molar-refractivity contribution in [3.8, 4) is 0 Å². The van der Waals surface area contributed by atoms with Crippen LogP contribution in [-0.2, 0) is 65.4 Å². The quantitative estimate of drug-likeness (QED) is 0.0222. The van der Waals surface area contributed by atoms with Crippen LogP contribution in [0.1, 0.15) is 504 Å². The molecular weight excluding hydrogens is 1450 g/mol. The Morgan fingerprint density at radius 3 is 0.679 bits per heavy atom. The van der Waals surface area contributed by atoms with Crippen LogP contribution in [0.3, 0.4) is 0 Å². The second kappa shape index (κ2) is 84.1. The second-order valence-corrected chi connectivity index (χ2v) is 37.0. The molecule has 0 amide bonds. The molecule has 3 unspecified atom stereocenters. The molecular formula is C93H182O17P2. The van der Waals surface area contributed by atoms with E-state index in [-0.39, 0.29) is 25.7 Å². The number of hydrogen-bond acceptors (Lipinski definition) is 15. The summed E-state index contributed by atoms with van der Waals surface area (Å²) >= 11 is 0. The van der Waals surface area contributed by atoms with Gasteiger partial charge in [0.1, 0.15) is 19.3 Å². The average molecular weight is 1630 g/mol. The minimum Gasteiger partial charge on any atom is -0.462 e. The number of phosphoric acid groups is 2. The van der Waals surface area contributed by atoms with E-state index in [4.69, 9.17) is 37.0 Å². The smallest absolute Gasteiger partial charge is 0.462 e. The lowest BCUT2D eigenvalue weighted by molar-refractivity contribution is -0.161. The van der Waals surface area contributed by atoms with Crippen molar-refractivity contribution >= 4 is 39.5 Å². The summed E-state index contributed by atoms with van der Waals surface area (Å²) in [7, 11) is -9.94. The standard InChI is InChI=1S/C93H182O17P2/c1-7-10-12-14-16-18-20-21-22-23-30-36-41-47-53-59-65-71-77-92(97)109-88(81-103-90(95)75-69-63-57-51-43-19-17-15-13-11-8-2)83-107-111(99,100)105-79-87(94)80-106-112(101,102)108-84-89(82-104-91(96)76-70-64-58-52-46-40-35-31-26-24-28-33-38-44-49-55-61-67-73-85(4)5)110-93(98)78-72-66-60-54-48-42-37-32-27-25-29-34-39-45-50-56-62-68-74-86(6)9-3/h85-89,94H,7-84H2,1-6H3,(H,99,100)(H,101,102)/t86?,87-,88+,89+/m0/s1. The lowest BCUT2D eigenvalue weighted by Gasteiger charge is -2.21. The van der Waals surface area contributed by atoms with Gasteiger partial charge in [-0.25, -0.2) is 9.13 Å². The van der Waals surface area contributed by atoms with Gasteiger partial charge in [0.25, 0.3) is 0 Å². The first-order valence-corrected chi connectivity index (χ1v) is 51.0. The van der Waals surface area contributed by atoms with Crippen LogP contribution < -0.4 is 0 Å². The maximum Gasteiger partial charge on any atom is 0.472 e. The number of carbonyl (C=O) groups excluding carboxylic acids is 4. The van der Waals surface area contributed by atoms with E-state index in [0.717, 1.165) is 102 Å². The molecule has 0 heterocycles. The fourth-order valence-corrected chi connectivity index (χ4v) is 16.2. The van der Waals surface area contributed by atoms with Crippen molar-refractivity contribution in [1.29, 1.82) is 0 Å². The molecule has 19 heteroatoms. The monoisotopic (exact) mass is 1630 g/mol. The minimum atomic E-state index is -4.97. The van der Waals surface area contributed by atoms with Crippen molar-refractivity contribution in [2.24, 2.45) is 11.8 Å². The minimum absolute atomic E-state index is 0.109. The van der Waals surface area contributed by atoms with Crippen molar-refractivity contribution < 1.29 is 80.2 Å². The van der Waals surface area contributed by atoms with Gasteiger partial charge < -0.3 is 33.8 Å². The highest BCUT2D eigenvalue weighted by molar-refractivity contribution is 7.47. The molecule has 0 saturated carbocycles. The molecule has 0 spiro atoms. The molecule has 666 valence electrons. The highest BCUT2D eigenvalue weighted by atomic mass is 31.2. The highest BCUT2D eigenvalue weighted by Crippen LogP contribution is 2.45. The van der Waals surface area contributed by atoms with Crippen molar-refractivity contribution in [2.45, 2.75) is 522 Å². The van der Waals surface area contributed by atoms with E-state index in [9.17, 15) is 43.2 Å². The van der Waals surface area contributed by atoms with Gasteiger partial charge >= 0.3 is 39.5 Å². The van der Waals surface area contributed by atoms with Gasteiger partial charge in [0.15, 0.2) is 12.2 Å². The van der Waals surface area contributed by atoms with Gasteiger partial charge in [0.2, 0.25) is 0 Å². The highest BCUT2D eigenvalue weighted by Gasteiger charge is 2.31. The number of carbonyl (C=O) groups is 4. The number of aliphatic hydroxyl groups is 1. The number of phosphoric ester groups is 2. The molecule has 0 aromatic rings. The molecule has 17 nitrogen and oxygen atoms in total. The zero-order chi connectivity index (χ0) is 82.0. The van der Waals surface area contributed by atoms with E-state index < -0.39 is 97.5 Å². The van der Waals surface area contributed by atoms with Gasteiger partial charge in [-0.15, -0.1) is 0 Å². The molecule has 0 rings (SSSR count). The van der Waals surface area contributed by atoms with Crippen LogP contribution in [0.25, 0.3) is 0 Å². The molecule has 0 fully saturated rings. The fourth-order valence-electron chi connectivity index (χ4n) is 14.6. The SMILES string of the molecule is CCCCCCCCCCCCCCCCCCCCC(=O)O[C@H](COC(=O)CCCCCCCCCCCCC)COP(=O)(O)OC[C@H](O)COP(=O)(O)OC[C@@H](COC(=O)CCCCCCCCCCCCCCCCCCCCC(C)C)OC(=O)CCCCCCCCCCCCCCCCCCCCC(C)CC. The Morgan fingerprint density at radius 2 is 0.455 bits per heavy atom. The number of ether oxygens (including phenoxy) is 4. The lowest BCUT2D eigenvalue weighted by Crippen LogP contribution is -2.30. The first-order chi connectivity index (χ1) is 54.4. The first kappa shape index (κ1) is 110. The van der Waals surface area contributed by atoms with Crippen LogP contribution in [0, 0.1) is 11.8 Å². The molecule has 6 atom stereocenters. The Kier molecular flexibility index (Phi) is 82.6. The van der Waals surface area contributed by atoms with Gasteiger partial charge in [0, 0.05) is 25.7 Å². The molecule has 0 bridgehead atoms. The van der Waals surface area contributed by atoms with E-state index in [1.54, 1.807) is 0 Å². The number of esters is 4. The summed E-state index contributed by atoms with van der Waals surface area (Å²) in [6, 6.07) is 0. The largest absolute Gasteiger partial charge is 0.472 e. The number of hydrogen-bond donors (Lipinski definition) is 3. The lowest BCUT2D eigenvalue weighted by atomic mass is 9.99. The Hall–Kier alpha value is -1.94. The van der Waals surface area contributed by atoms with Gasteiger partial charge in [0.05, 0.1) is 26.4 Å². The van der Waals surface area contributed by atoms with Crippen LogP contribution in [0.15, 0.2) is 0 Å². The molecule has 0 radical (unpaired) electrons. The normalized spacial score (nSPS) is 13.9. The summed E-state index contributed by atoms with van der Waals surface area (Å²) in [5.74, 6) is -0.398. The van der Waals surface area contributed by atoms with Crippen molar-refractivity contribution in [2.75, 3.05) is 39.6 Å². The predicted molar refractivity (Wildman–Crippen MR) is 465 cm³/mol. The second-order valence-electron chi connectivity index (χ2n) is 34.1. The van der Waals surface area contributed by atoms with E-state index in [1.807, 2.05) is 0 Å². The van der Waals surface area contributed by atoms with Crippen molar-refractivity contribution in [3.05, 3.63) is 0 Å². The van der Waals surface area contributed by atoms with Crippen LogP contribution >= 0.6 is 15.6 Å². The molecule has 0 aromatic carbocycles. The Labute approximate surface area is 689 Å². The van der Waals surface area contributed by atoms with E-state index in [0.29, 0.717) is 25.7 Å². The summed E-state index contributed by atoms with van der Waals surface area (Å²) < 4.78 is 69.1. The van der Waals surface area contributed by atoms with Gasteiger partial charge in [-0.05, 0) is 37.5 Å². The Bertz CT molecular complexity index is 2130. The van der Waals surface area contributed by atoms with Crippen LogP contribution in [0.2, 0.25) is 0 Å². The maximum absolute atomic E-state index is 13.2. The zero-order valence-electron chi connectivity index (χ0n) is 74.0. The van der Waals surface area contributed by atoms with Crippen LogP contribution in [0.5, 0.6) is 0 Å². The number of aliphatic hydroxyl groups excluding tert-OH is 1. The van der Waals surface area contributed by atoms with Crippen LogP contribution in [-0.4, -0.2) is 96.7 Å². The summed E-state index contributed by atoms with van der Waals surface area (Å²) in [6.07, 6.45) is 79.2. The zero-order valence-corrected chi connectivity index (χ0v) is 75.8. The number of unbranched alkanes of at least 4 members (excludes halogenated alkanes) is 61. The Balaban J connectivity index is 5.23. The first-order valence-electron chi connectivity index (χ1n) is 48.0.